The maximum atomic E-state index is 6.03. The molecular weight excluding hydrogens is 430 g/mol. The molecule has 0 aliphatic rings. The van der Waals surface area contributed by atoms with E-state index in [9.17, 15) is 0 Å². The van der Waals surface area contributed by atoms with Crippen molar-refractivity contribution in [2.24, 2.45) is 0 Å². The second-order valence-electron chi connectivity index (χ2n) is 6.69. The number of hydrogen-bond donors (Lipinski definition) is 1. The van der Waals surface area contributed by atoms with Crippen LogP contribution in [0.1, 0.15) is 23.6 Å². The molecule has 0 radical (unpaired) electrons. The minimum atomic E-state index is 0.485. The van der Waals surface area contributed by atoms with Crippen molar-refractivity contribution < 1.29 is 14.2 Å². The molecule has 0 aromatic heterocycles. The number of ether oxygens (including phenoxy) is 3. The predicted molar refractivity (Wildman–Crippen MR) is 121 cm³/mol. The summed E-state index contributed by atoms with van der Waals surface area (Å²) in [6, 6.07) is 20.3. The Morgan fingerprint density at radius 3 is 2.28 bits per heavy atom. The molecule has 5 heteroatoms. The SMILES string of the molecule is CCOc1ccc(NCc2cc(Br)c(OCc3ccc(C)cc3)c(OC)c2)cc1. The summed E-state index contributed by atoms with van der Waals surface area (Å²) >= 11 is 3.63. The summed E-state index contributed by atoms with van der Waals surface area (Å²) in [5, 5.41) is 3.42. The molecule has 152 valence electrons. The lowest BCUT2D eigenvalue weighted by Gasteiger charge is -2.15. The van der Waals surface area contributed by atoms with Gasteiger partial charge in [-0.15, -0.1) is 0 Å². The highest BCUT2D eigenvalue weighted by molar-refractivity contribution is 9.10. The van der Waals surface area contributed by atoms with Crippen molar-refractivity contribution in [1.82, 2.24) is 0 Å². The Labute approximate surface area is 180 Å². The summed E-state index contributed by atoms with van der Waals surface area (Å²) < 4.78 is 17.9. The Kier molecular flexibility index (Phi) is 7.42. The summed E-state index contributed by atoms with van der Waals surface area (Å²) in [6.07, 6.45) is 0. The number of hydrogen-bond acceptors (Lipinski definition) is 4. The Morgan fingerprint density at radius 2 is 1.62 bits per heavy atom. The van der Waals surface area contributed by atoms with Gasteiger partial charge in [0, 0.05) is 12.2 Å². The summed E-state index contributed by atoms with van der Waals surface area (Å²) in [5.41, 5.74) is 4.47. The number of nitrogens with one attached hydrogen (secondary N) is 1. The van der Waals surface area contributed by atoms with Crippen molar-refractivity contribution in [3.8, 4) is 17.2 Å². The van der Waals surface area contributed by atoms with Gasteiger partial charge in [-0.1, -0.05) is 29.8 Å². The van der Waals surface area contributed by atoms with Crippen molar-refractivity contribution in [3.05, 3.63) is 81.8 Å². The zero-order valence-electron chi connectivity index (χ0n) is 17.0. The first kappa shape index (κ1) is 21.1. The standard InChI is InChI=1S/C24H26BrNO3/c1-4-28-21-11-9-20(10-12-21)26-15-19-13-22(25)24(23(14-19)27-3)29-16-18-7-5-17(2)6-8-18/h5-14,26H,4,15-16H2,1-3H3. The molecule has 0 saturated carbocycles. The van der Waals surface area contributed by atoms with Gasteiger partial charge in [-0.3, -0.25) is 0 Å². The fourth-order valence-electron chi connectivity index (χ4n) is 2.89. The molecule has 0 saturated heterocycles. The fraction of sp³-hybridized carbons (Fsp3) is 0.250. The predicted octanol–water partition coefficient (Wildman–Crippen LogP) is 6.36. The van der Waals surface area contributed by atoms with Crippen LogP contribution >= 0.6 is 15.9 Å². The van der Waals surface area contributed by atoms with E-state index in [1.807, 2.05) is 37.3 Å². The van der Waals surface area contributed by atoms with E-state index >= 15 is 0 Å². The molecule has 0 unspecified atom stereocenters. The van der Waals surface area contributed by atoms with Crippen LogP contribution in [0.4, 0.5) is 5.69 Å². The van der Waals surface area contributed by atoms with E-state index in [1.165, 1.54) is 5.56 Å². The minimum absolute atomic E-state index is 0.485. The Morgan fingerprint density at radius 1 is 0.897 bits per heavy atom. The molecule has 0 fully saturated rings. The first-order chi connectivity index (χ1) is 14.1. The molecule has 0 spiro atoms. The molecule has 4 nitrogen and oxygen atoms in total. The topological polar surface area (TPSA) is 39.7 Å². The van der Waals surface area contributed by atoms with Crippen LogP contribution in [0.3, 0.4) is 0 Å². The van der Waals surface area contributed by atoms with E-state index in [0.29, 0.717) is 31.3 Å². The third kappa shape index (κ3) is 5.91. The summed E-state index contributed by atoms with van der Waals surface area (Å²) in [6.45, 7) is 5.87. The van der Waals surface area contributed by atoms with Gasteiger partial charge in [-0.25, -0.2) is 0 Å². The summed E-state index contributed by atoms with van der Waals surface area (Å²) in [5.74, 6) is 2.28. The van der Waals surface area contributed by atoms with Crippen LogP contribution in [0.5, 0.6) is 17.2 Å². The van der Waals surface area contributed by atoms with E-state index in [0.717, 1.165) is 27.0 Å². The van der Waals surface area contributed by atoms with Crippen molar-refractivity contribution in [3.63, 3.8) is 0 Å². The highest BCUT2D eigenvalue weighted by Gasteiger charge is 2.12. The number of methoxy groups -OCH3 is 1. The molecule has 0 aliphatic heterocycles. The lowest BCUT2D eigenvalue weighted by atomic mass is 10.1. The average molecular weight is 456 g/mol. The Balaban J connectivity index is 1.66. The quantitative estimate of drug-likeness (QED) is 0.407. The van der Waals surface area contributed by atoms with Crippen molar-refractivity contribution in [1.29, 1.82) is 0 Å². The molecular formula is C24H26BrNO3. The first-order valence-corrected chi connectivity index (χ1v) is 10.4. The molecule has 0 amide bonds. The maximum absolute atomic E-state index is 6.03. The lowest BCUT2D eigenvalue weighted by Crippen LogP contribution is -2.03. The van der Waals surface area contributed by atoms with Crippen molar-refractivity contribution in [2.75, 3.05) is 19.0 Å². The first-order valence-electron chi connectivity index (χ1n) is 9.60. The maximum Gasteiger partial charge on any atom is 0.175 e. The molecule has 29 heavy (non-hydrogen) atoms. The number of rotatable bonds is 9. The Bertz CT molecular complexity index is 924. The normalized spacial score (nSPS) is 10.5. The van der Waals surface area contributed by atoms with E-state index in [-0.39, 0.29) is 0 Å². The largest absolute Gasteiger partial charge is 0.494 e. The molecule has 0 atom stereocenters. The van der Waals surface area contributed by atoms with Gasteiger partial charge in [-0.05, 0) is 77.3 Å². The number of anilines is 1. The van der Waals surface area contributed by atoms with Crippen LogP contribution in [0, 0.1) is 6.92 Å². The third-order valence-electron chi connectivity index (χ3n) is 4.45. The van der Waals surface area contributed by atoms with Gasteiger partial charge >= 0.3 is 0 Å². The average Bonchev–Trinajstić information content (AvgIpc) is 2.73. The molecule has 3 aromatic carbocycles. The van der Waals surface area contributed by atoms with Gasteiger partial charge in [0.25, 0.3) is 0 Å². The van der Waals surface area contributed by atoms with E-state index in [2.05, 4.69) is 58.5 Å². The van der Waals surface area contributed by atoms with Crippen molar-refractivity contribution >= 4 is 21.6 Å². The van der Waals surface area contributed by atoms with Crippen LogP contribution in [0.25, 0.3) is 0 Å². The van der Waals surface area contributed by atoms with Gasteiger partial charge in [0.1, 0.15) is 12.4 Å². The highest BCUT2D eigenvalue weighted by atomic mass is 79.9. The number of benzene rings is 3. The smallest absolute Gasteiger partial charge is 0.175 e. The second kappa shape index (κ2) is 10.2. The zero-order chi connectivity index (χ0) is 20.6. The molecule has 0 heterocycles. The monoisotopic (exact) mass is 455 g/mol. The number of aryl methyl sites for hydroxylation is 1. The van der Waals surface area contributed by atoms with Crippen LogP contribution in [0.15, 0.2) is 65.1 Å². The van der Waals surface area contributed by atoms with E-state index < -0.39 is 0 Å². The molecule has 1 N–H and O–H groups in total. The molecule has 3 rings (SSSR count). The minimum Gasteiger partial charge on any atom is -0.494 e. The molecule has 0 aliphatic carbocycles. The molecule has 0 bridgehead atoms. The summed E-state index contributed by atoms with van der Waals surface area (Å²) in [7, 11) is 1.66. The van der Waals surface area contributed by atoms with Crippen LogP contribution in [0.2, 0.25) is 0 Å². The van der Waals surface area contributed by atoms with Gasteiger partial charge in [0.15, 0.2) is 11.5 Å². The zero-order valence-corrected chi connectivity index (χ0v) is 18.6. The van der Waals surface area contributed by atoms with E-state index in [4.69, 9.17) is 14.2 Å². The third-order valence-corrected chi connectivity index (χ3v) is 5.04. The second-order valence-corrected chi connectivity index (χ2v) is 7.55. The van der Waals surface area contributed by atoms with Crippen LogP contribution in [-0.2, 0) is 13.2 Å². The molecule has 3 aromatic rings. The van der Waals surface area contributed by atoms with Gasteiger partial charge in [0.2, 0.25) is 0 Å². The van der Waals surface area contributed by atoms with Gasteiger partial charge in [-0.2, -0.15) is 0 Å². The van der Waals surface area contributed by atoms with Gasteiger partial charge in [0.05, 0.1) is 18.2 Å². The highest BCUT2D eigenvalue weighted by Crippen LogP contribution is 2.37. The summed E-state index contributed by atoms with van der Waals surface area (Å²) in [4.78, 5) is 0. The van der Waals surface area contributed by atoms with Crippen LogP contribution < -0.4 is 19.5 Å². The van der Waals surface area contributed by atoms with Gasteiger partial charge < -0.3 is 19.5 Å². The van der Waals surface area contributed by atoms with Crippen LogP contribution in [-0.4, -0.2) is 13.7 Å². The number of halogens is 1. The van der Waals surface area contributed by atoms with E-state index in [1.54, 1.807) is 7.11 Å². The lowest BCUT2D eigenvalue weighted by molar-refractivity contribution is 0.282. The Hall–Kier alpha value is -2.66. The van der Waals surface area contributed by atoms with Crippen molar-refractivity contribution in [2.45, 2.75) is 27.0 Å². The fourth-order valence-corrected chi connectivity index (χ4v) is 3.50.